The van der Waals surface area contributed by atoms with Crippen molar-refractivity contribution >= 4 is 16.5 Å². The van der Waals surface area contributed by atoms with Gasteiger partial charge in [0.25, 0.3) is 0 Å². The number of aryl methyl sites for hydroxylation is 1. The number of benzene rings is 1. The smallest absolute Gasteiger partial charge is 0.197 e. The van der Waals surface area contributed by atoms with Crippen LogP contribution in [-0.2, 0) is 0 Å². The van der Waals surface area contributed by atoms with Gasteiger partial charge >= 0.3 is 0 Å². The Hall–Kier alpha value is -1.59. The van der Waals surface area contributed by atoms with Gasteiger partial charge in [0.15, 0.2) is 5.13 Å². The highest BCUT2D eigenvalue weighted by atomic mass is 32.1. The number of ether oxygens (including phenoxy) is 1. The van der Waals surface area contributed by atoms with Crippen LogP contribution in [0.1, 0.15) is 12.5 Å². The van der Waals surface area contributed by atoms with Gasteiger partial charge in [-0.3, -0.25) is 5.43 Å². The highest BCUT2D eigenvalue weighted by Gasteiger charge is 2.07. The number of thiazole rings is 1. The number of nitrogens with zero attached hydrogens (tertiary/aromatic N) is 1. The molecule has 1 aromatic heterocycles. The lowest BCUT2D eigenvalue weighted by atomic mass is 10.1. The predicted octanol–water partition coefficient (Wildman–Crippen LogP) is 2.80. The molecule has 0 saturated carbocycles. The Morgan fingerprint density at radius 3 is 2.88 bits per heavy atom. The lowest BCUT2D eigenvalue weighted by molar-refractivity contribution is 0.340. The number of anilines is 1. The Bertz CT molecular complexity index is 510. The first-order chi connectivity index (χ1) is 8.24. The van der Waals surface area contributed by atoms with Gasteiger partial charge in [-0.1, -0.05) is 0 Å². The molecule has 0 aliphatic heterocycles. The van der Waals surface area contributed by atoms with Gasteiger partial charge in [-0.05, 0) is 37.6 Å². The molecule has 5 heteroatoms. The normalized spacial score (nSPS) is 10.3. The molecular weight excluding hydrogens is 234 g/mol. The molecule has 0 aliphatic carbocycles. The molecule has 2 rings (SSSR count). The van der Waals surface area contributed by atoms with Gasteiger partial charge in [0.05, 0.1) is 12.3 Å². The van der Waals surface area contributed by atoms with Crippen LogP contribution in [0.2, 0.25) is 0 Å². The van der Waals surface area contributed by atoms with Crippen molar-refractivity contribution in [2.24, 2.45) is 5.84 Å². The van der Waals surface area contributed by atoms with E-state index in [9.17, 15) is 0 Å². The third kappa shape index (κ3) is 2.57. The Morgan fingerprint density at radius 2 is 2.29 bits per heavy atom. The molecule has 0 fully saturated rings. The van der Waals surface area contributed by atoms with Crippen LogP contribution in [0.5, 0.6) is 5.75 Å². The maximum absolute atomic E-state index is 5.45. The van der Waals surface area contributed by atoms with Gasteiger partial charge in [0, 0.05) is 10.9 Å². The Balaban J connectivity index is 2.32. The third-order valence-electron chi connectivity index (χ3n) is 2.41. The molecule has 0 unspecified atom stereocenters. The Morgan fingerprint density at radius 1 is 1.47 bits per heavy atom. The summed E-state index contributed by atoms with van der Waals surface area (Å²) >= 11 is 1.49. The largest absolute Gasteiger partial charge is 0.494 e. The van der Waals surface area contributed by atoms with Crippen LogP contribution in [0.25, 0.3) is 11.3 Å². The molecular formula is C12H15N3OS. The molecule has 3 N–H and O–H groups in total. The summed E-state index contributed by atoms with van der Waals surface area (Å²) in [4.78, 5) is 4.38. The minimum atomic E-state index is 0.677. The molecule has 17 heavy (non-hydrogen) atoms. The van der Waals surface area contributed by atoms with Crippen LogP contribution < -0.4 is 16.0 Å². The fourth-order valence-corrected chi connectivity index (χ4v) is 2.27. The topological polar surface area (TPSA) is 60.2 Å². The summed E-state index contributed by atoms with van der Waals surface area (Å²) in [5, 5.41) is 2.70. The van der Waals surface area contributed by atoms with E-state index in [0.29, 0.717) is 11.7 Å². The molecule has 0 saturated heterocycles. The maximum Gasteiger partial charge on any atom is 0.197 e. The number of rotatable bonds is 4. The minimum absolute atomic E-state index is 0.677. The molecule has 0 atom stereocenters. The van der Waals surface area contributed by atoms with Crippen molar-refractivity contribution < 1.29 is 4.74 Å². The van der Waals surface area contributed by atoms with Crippen molar-refractivity contribution in [3.8, 4) is 17.0 Å². The van der Waals surface area contributed by atoms with Crippen LogP contribution in [0, 0.1) is 6.92 Å². The zero-order chi connectivity index (χ0) is 12.3. The van der Waals surface area contributed by atoms with E-state index < -0.39 is 0 Å². The van der Waals surface area contributed by atoms with Gasteiger partial charge in [0.2, 0.25) is 0 Å². The summed E-state index contributed by atoms with van der Waals surface area (Å²) in [5.74, 6) is 6.21. The molecule has 0 radical (unpaired) electrons. The summed E-state index contributed by atoms with van der Waals surface area (Å²) < 4.78 is 5.45. The number of nitrogens with one attached hydrogen (secondary N) is 1. The number of hydrogen-bond acceptors (Lipinski definition) is 5. The number of hydrogen-bond donors (Lipinski definition) is 2. The summed E-state index contributed by atoms with van der Waals surface area (Å²) in [6.07, 6.45) is 0. The maximum atomic E-state index is 5.45. The van der Waals surface area contributed by atoms with E-state index in [-0.39, 0.29) is 0 Å². The first-order valence-corrected chi connectivity index (χ1v) is 6.28. The van der Waals surface area contributed by atoms with Crippen LogP contribution in [-0.4, -0.2) is 11.6 Å². The van der Waals surface area contributed by atoms with E-state index in [2.05, 4.69) is 10.4 Å². The molecule has 0 spiro atoms. The van der Waals surface area contributed by atoms with Gasteiger partial charge < -0.3 is 4.74 Å². The molecule has 1 aromatic carbocycles. The van der Waals surface area contributed by atoms with Gasteiger partial charge in [-0.15, -0.1) is 11.3 Å². The average Bonchev–Trinajstić information content (AvgIpc) is 2.78. The summed E-state index contributed by atoms with van der Waals surface area (Å²) in [6, 6.07) is 6.00. The van der Waals surface area contributed by atoms with Gasteiger partial charge in [-0.2, -0.15) is 0 Å². The summed E-state index contributed by atoms with van der Waals surface area (Å²) in [5.41, 5.74) is 5.73. The molecule has 1 heterocycles. The van der Waals surface area contributed by atoms with E-state index in [0.717, 1.165) is 22.6 Å². The van der Waals surface area contributed by atoms with Crippen molar-refractivity contribution in [2.75, 3.05) is 12.0 Å². The zero-order valence-corrected chi connectivity index (χ0v) is 10.7. The third-order valence-corrected chi connectivity index (χ3v) is 3.19. The standard InChI is InChI=1S/C12H15N3OS/c1-3-16-9-4-5-10(8(2)6-9)11-7-17-12(14-11)15-13/h4-7H,3,13H2,1-2H3,(H,14,15). The Kier molecular flexibility index (Phi) is 3.61. The van der Waals surface area contributed by atoms with E-state index >= 15 is 0 Å². The highest BCUT2D eigenvalue weighted by Crippen LogP contribution is 2.29. The predicted molar refractivity (Wildman–Crippen MR) is 71.3 cm³/mol. The van der Waals surface area contributed by atoms with Gasteiger partial charge in [0.1, 0.15) is 5.75 Å². The molecule has 0 aliphatic rings. The molecule has 0 amide bonds. The average molecular weight is 249 g/mol. The number of aromatic nitrogens is 1. The quantitative estimate of drug-likeness (QED) is 0.646. The van der Waals surface area contributed by atoms with E-state index in [1.165, 1.54) is 11.3 Å². The molecule has 4 nitrogen and oxygen atoms in total. The van der Waals surface area contributed by atoms with Crippen molar-refractivity contribution in [3.05, 3.63) is 29.1 Å². The summed E-state index contributed by atoms with van der Waals surface area (Å²) in [7, 11) is 0. The zero-order valence-electron chi connectivity index (χ0n) is 9.86. The van der Waals surface area contributed by atoms with E-state index in [1.54, 1.807) is 0 Å². The highest BCUT2D eigenvalue weighted by molar-refractivity contribution is 7.14. The minimum Gasteiger partial charge on any atom is -0.494 e. The second-order valence-corrected chi connectivity index (χ2v) is 4.45. The second kappa shape index (κ2) is 5.16. The first kappa shape index (κ1) is 11.9. The molecule has 0 bridgehead atoms. The van der Waals surface area contributed by atoms with Crippen LogP contribution >= 0.6 is 11.3 Å². The fourth-order valence-electron chi connectivity index (χ4n) is 1.64. The van der Waals surface area contributed by atoms with Crippen molar-refractivity contribution in [3.63, 3.8) is 0 Å². The number of nitrogen functional groups attached to an aromatic ring is 1. The van der Waals surface area contributed by atoms with Gasteiger partial charge in [-0.25, -0.2) is 10.8 Å². The first-order valence-electron chi connectivity index (χ1n) is 5.40. The Labute approximate surface area is 104 Å². The molecule has 90 valence electrons. The summed E-state index contributed by atoms with van der Waals surface area (Å²) in [6.45, 7) is 4.70. The van der Waals surface area contributed by atoms with E-state index in [1.807, 2.05) is 37.4 Å². The number of hydrazine groups is 1. The van der Waals surface area contributed by atoms with Crippen LogP contribution in [0.4, 0.5) is 5.13 Å². The lowest BCUT2D eigenvalue weighted by Gasteiger charge is -2.07. The fraction of sp³-hybridized carbons (Fsp3) is 0.250. The lowest BCUT2D eigenvalue weighted by Crippen LogP contribution is -2.05. The monoisotopic (exact) mass is 249 g/mol. The molecule has 2 aromatic rings. The van der Waals surface area contributed by atoms with Crippen molar-refractivity contribution in [1.82, 2.24) is 4.98 Å². The SMILES string of the molecule is CCOc1ccc(-c2csc(NN)n2)c(C)c1. The van der Waals surface area contributed by atoms with Crippen molar-refractivity contribution in [2.45, 2.75) is 13.8 Å². The van der Waals surface area contributed by atoms with Crippen molar-refractivity contribution in [1.29, 1.82) is 0 Å². The number of nitrogens with two attached hydrogens (primary N) is 1. The second-order valence-electron chi connectivity index (χ2n) is 3.59. The van der Waals surface area contributed by atoms with E-state index in [4.69, 9.17) is 10.6 Å². The van der Waals surface area contributed by atoms with Crippen LogP contribution in [0.3, 0.4) is 0 Å². The van der Waals surface area contributed by atoms with Crippen LogP contribution in [0.15, 0.2) is 23.6 Å².